The molecule has 1 fully saturated rings. The molecule has 2 aromatic carbocycles. The van der Waals surface area contributed by atoms with Crippen LogP contribution in [-0.4, -0.2) is 67.8 Å². The number of rotatable bonds is 9. The average molecular weight is 501 g/mol. The SMILES string of the molecule is CC(C)C(NC(=O)c1cccc(Cl)c1)C(=O)N/N=C/c1ccccc1OCC(=O)N1CCOCC1. The molecule has 3 rings (SSSR count). The Kier molecular flexibility index (Phi) is 9.63. The number of nitrogens with one attached hydrogen (secondary N) is 2. The smallest absolute Gasteiger partial charge is 0.262 e. The Bertz CT molecular complexity index is 1070. The van der Waals surface area contributed by atoms with Crippen LogP contribution in [0.4, 0.5) is 0 Å². The zero-order valence-electron chi connectivity index (χ0n) is 19.7. The highest BCUT2D eigenvalue weighted by atomic mass is 35.5. The minimum atomic E-state index is -0.809. The van der Waals surface area contributed by atoms with Crippen molar-refractivity contribution < 1.29 is 23.9 Å². The minimum Gasteiger partial charge on any atom is -0.483 e. The summed E-state index contributed by atoms with van der Waals surface area (Å²) in [6.07, 6.45) is 1.43. The number of carbonyl (C=O) groups excluding carboxylic acids is 3. The lowest BCUT2D eigenvalue weighted by molar-refractivity contribution is -0.137. The summed E-state index contributed by atoms with van der Waals surface area (Å²) in [5.74, 6) is -0.720. The molecule has 1 atom stereocenters. The van der Waals surface area contributed by atoms with Gasteiger partial charge in [-0.2, -0.15) is 5.10 Å². The van der Waals surface area contributed by atoms with Crippen molar-refractivity contribution in [3.05, 3.63) is 64.7 Å². The second-order valence-electron chi connectivity index (χ2n) is 8.26. The first-order valence-electron chi connectivity index (χ1n) is 11.3. The van der Waals surface area contributed by atoms with Crippen LogP contribution in [0.25, 0.3) is 0 Å². The maximum absolute atomic E-state index is 12.7. The molecule has 0 radical (unpaired) electrons. The second-order valence-corrected chi connectivity index (χ2v) is 8.70. The predicted octanol–water partition coefficient (Wildman–Crippen LogP) is 2.48. The van der Waals surface area contributed by atoms with Crippen LogP contribution in [0.15, 0.2) is 53.6 Å². The molecular formula is C25H29ClN4O5. The molecule has 9 nitrogen and oxygen atoms in total. The highest BCUT2D eigenvalue weighted by Gasteiger charge is 2.24. The van der Waals surface area contributed by atoms with Crippen molar-refractivity contribution in [2.24, 2.45) is 11.0 Å². The Balaban J connectivity index is 1.58. The molecule has 2 N–H and O–H groups in total. The van der Waals surface area contributed by atoms with Crippen LogP contribution in [0.3, 0.4) is 0 Å². The number of hydrogen-bond acceptors (Lipinski definition) is 6. The molecule has 0 aliphatic carbocycles. The third-order valence-electron chi connectivity index (χ3n) is 5.33. The number of hydrazone groups is 1. The third-order valence-corrected chi connectivity index (χ3v) is 5.57. The van der Waals surface area contributed by atoms with Gasteiger partial charge in [-0.3, -0.25) is 14.4 Å². The van der Waals surface area contributed by atoms with Crippen molar-refractivity contribution in [2.75, 3.05) is 32.9 Å². The molecule has 1 heterocycles. The van der Waals surface area contributed by atoms with Crippen LogP contribution >= 0.6 is 11.6 Å². The summed E-state index contributed by atoms with van der Waals surface area (Å²) in [6, 6.07) is 12.7. The number of halogens is 1. The normalized spacial score (nSPS) is 14.6. The minimum absolute atomic E-state index is 0.109. The van der Waals surface area contributed by atoms with Crippen molar-refractivity contribution in [2.45, 2.75) is 19.9 Å². The Morgan fingerprint density at radius 3 is 2.60 bits per heavy atom. The monoisotopic (exact) mass is 500 g/mol. The summed E-state index contributed by atoms with van der Waals surface area (Å²) >= 11 is 5.95. The fourth-order valence-electron chi connectivity index (χ4n) is 3.39. The van der Waals surface area contributed by atoms with E-state index in [4.69, 9.17) is 21.1 Å². The lowest BCUT2D eigenvalue weighted by Crippen LogP contribution is -2.48. The second kappa shape index (κ2) is 12.9. The molecule has 1 saturated heterocycles. The van der Waals surface area contributed by atoms with Gasteiger partial charge in [-0.15, -0.1) is 0 Å². The first-order valence-corrected chi connectivity index (χ1v) is 11.7. The summed E-state index contributed by atoms with van der Waals surface area (Å²) in [5.41, 5.74) is 3.42. The van der Waals surface area contributed by atoms with Crippen LogP contribution in [-0.2, 0) is 14.3 Å². The summed E-state index contributed by atoms with van der Waals surface area (Å²) in [7, 11) is 0. The van der Waals surface area contributed by atoms with E-state index in [1.807, 2.05) is 13.8 Å². The van der Waals surface area contributed by atoms with E-state index in [1.165, 1.54) is 12.3 Å². The van der Waals surface area contributed by atoms with E-state index in [2.05, 4.69) is 15.8 Å². The predicted molar refractivity (Wildman–Crippen MR) is 133 cm³/mol. The summed E-state index contributed by atoms with van der Waals surface area (Å²) in [4.78, 5) is 39.3. The largest absolute Gasteiger partial charge is 0.483 e. The molecule has 0 spiro atoms. The lowest BCUT2D eigenvalue weighted by atomic mass is 10.0. The molecule has 1 aliphatic heterocycles. The average Bonchev–Trinajstić information content (AvgIpc) is 2.86. The number of carbonyl (C=O) groups is 3. The Morgan fingerprint density at radius 1 is 1.14 bits per heavy atom. The lowest BCUT2D eigenvalue weighted by Gasteiger charge is -2.26. The van der Waals surface area contributed by atoms with E-state index < -0.39 is 17.9 Å². The van der Waals surface area contributed by atoms with Gasteiger partial charge in [0.25, 0.3) is 17.7 Å². The van der Waals surface area contributed by atoms with Gasteiger partial charge in [-0.25, -0.2) is 5.43 Å². The zero-order valence-corrected chi connectivity index (χ0v) is 20.5. The van der Waals surface area contributed by atoms with Crippen molar-refractivity contribution in [3.8, 4) is 5.75 Å². The van der Waals surface area contributed by atoms with Gasteiger partial charge in [-0.1, -0.05) is 43.6 Å². The number of para-hydroxylation sites is 1. The van der Waals surface area contributed by atoms with Crippen LogP contribution in [0, 0.1) is 5.92 Å². The first-order chi connectivity index (χ1) is 16.8. The maximum Gasteiger partial charge on any atom is 0.262 e. The molecule has 35 heavy (non-hydrogen) atoms. The third kappa shape index (κ3) is 7.80. The highest BCUT2D eigenvalue weighted by molar-refractivity contribution is 6.31. The Morgan fingerprint density at radius 2 is 1.89 bits per heavy atom. The number of amides is 3. The number of ether oxygens (including phenoxy) is 2. The molecule has 3 amide bonds. The van der Waals surface area contributed by atoms with Gasteiger partial charge >= 0.3 is 0 Å². The molecule has 186 valence electrons. The summed E-state index contributed by atoms with van der Waals surface area (Å²) in [6.45, 7) is 5.66. The number of hydrogen-bond donors (Lipinski definition) is 2. The molecule has 10 heteroatoms. The number of benzene rings is 2. The van der Waals surface area contributed by atoms with Crippen LogP contribution in [0.2, 0.25) is 5.02 Å². The Labute approximate surface area is 209 Å². The van der Waals surface area contributed by atoms with Gasteiger partial charge in [0.15, 0.2) is 6.61 Å². The van der Waals surface area contributed by atoms with Crippen LogP contribution in [0.1, 0.15) is 29.8 Å². The van der Waals surface area contributed by atoms with E-state index in [0.717, 1.165) is 0 Å². The number of morpholine rings is 1. The molecule has 0 saturated carbocycles. The van der Waals surface area contributed by atoms with Crippen molar-refractivity contribution in [1.82, 2.24) is 15.6 Å². The van der Waals surface area contributed by atoms with E-state index in [1.54, 1.807) is 47.4 Å². The van der Waals surface area contributed by atoms with Gasteiger partial charge in [0.1, 0.15) is 11.8 Å². The number of nitrogens with zero attached hydrogens (tertiary/aromatic N) is 2. The molecule has 1 unspecified atom stereocenters. The standard InChI is InChI=1S/C25H29ClN4O5/c1-17(2)23(28-24(32)18-7-5-8-20(26)14-18)25(33)29-27-15-19-6-3-4-9-21(19)35-16-22(31)30-10-12-34-13-11-30/h3-9,14-15,17,23H,10-13,16H2,1-2H3,(H,28,32)(H,29,33)/b27-15+. The fourth-order valence-corrected chi connectivity index (χ4v) is 3.58. The molecule has 0 aromatic heterocycles. The molecular weight excluding hydrogens is 472 g/mol. The van der Waals surface area contributed by atoms with Crippen molar-refractivity contribution in [3.63, 3.8) is 0 Å². The quantitative estimate of drug-likeness (QED) is 0.406. The Hall–Kier alpha value is -3.43. The van der Waals surface area contributed by atoms with Gasteiger partial charge < -0.3 is 19.7 Å². The van der Waals surface area contributed by atoms with Gasteiger partial charge in [0, 0.05) is 29.2 Å². The van der Waals surface area contributed by atoms with Crippen molar-refractivity contribution in [1.29, 1.82) is 0 Å². The molecule has 2 aromatic rings. The van der Waals surface area contributed by atoms with Crippen LogP contribution < -0.4 is 15.5 Å². The van der Waals surface area contributed by atoms with E-state index >= 15 is 0 Å². The molecule has 0 bridgehead atoms. The van der Waals surface area contributed by atoms with Gasteiger partial charge in [0.05, 0.1) is 19.4 Å². The van der Waals surface area contributed by atoms with Gasteiger partial charge in [-0.05, 0) is 36.2 Å². The fraction of sp³-hybridized carbons (Fsp3) is 0.360. The van der Waals surface area contributed by atoms with E-state index in [9.17, 15) is 14.4 Å². The highest BCUT2D eigenvalue weighted by Crippen LogP contribution is 2.16. The molecule has 1 aliphatic rings. The van der Waals surface area contributed by atoms with E-state index in [0.29, 0.717) is 48.2 Å². The van der Waals surface area contributed by atoms with Crippen LogP contribution in [0.5, 0.6) is 5.75 Å². The van der Waals surface area contributed by atoms with Crippen molar-refractivity contribution >= 4 is 35.5 Å². The summed E-state index contributed by atoms with van der Waals surface area (Å²) < 4.78 is 11.0. The van der Waals surface area contributed by atoms with Gasteiger partial charge in [0.2, 0.25) is 0 Å². The van der Waals surface area contributed by atoms with E-state index in [-0.39, 0.29) is 18.4 Å². The first kappa shape index (κ1) is 26.2. The zero-order chi connectivity index (χ0) is 25.2. The topological polar surface area (TPSA) is 109 Å². The summed E-state index contributed by atoms with van der Waals surface area (Å²) in [5, 5.41) is 7.18. The maximum atomic E-state index is 12.7.